The highest BCUT2D eigenvalue weighted by atomic mass is 32.2. The summed E-state index contributed by atoms with van der Waals surface area (Å²) in [6.45, 7) is 5.42. The summed E-state index contributed by atoms with van der Waals surface area (Å²) in [5.74, 6) is 0. The lowest BCUT2D eigenvalue weighted by atomic mass is 10.1. The molecule has 1 saturated heterocycles. The number of hydrogen-bond donors (Lipinski definition) is 1. The van der Waals surface area contributed by atoms with Gasteiger partial charge in [0.25, 0.3) is 0 Å². The Kier molecular flexibility index (Phi) is 4.71. The van der Waals surface area contributed by atoms with Gasteiger partial charge in [-0.15, -0.1) is 11.8 Å². The molecule has 0 radical (unpaired) electrons. The minimum Gasteiger partial charge on any atom is -0.389 e. The molecule has 2 rings (SSSR count). The predicted octanol–water partition coefficient (Wildman–Crippen LogP) is 2.18. The van der Waals surface area contributed by atoms with Gasteiger partial charge in [0.1, 0.15) is 4.99 Å². The van der Waals surface area contributed by atoms with Crippen molar-refractivity contribution < 1.29 is 0 Å². The van der Waals surface area contributed by atoms with Gasteiger partial charge in [-0.05, 0) is 32.4 Å². The number of rotatable bonds is 3. The average Bonchev–Trinajstić information content (AvgIpc) is 2.37. The Labute approximate surface area is 125 Å². The molecule has 0 aliphatic carbocycles. The van der Waals surface area contributed by atoms with Crippen LogP contribution in [-0.2, 0) is 0 Å². The Morgan fingerprint density at radius 3 is 2.74 bits per heavy atom. The SMILES string of the molecule is CSc1cccc(N2CCN(C)CC2C)c1C(N)=S. The number of likely N-dealkylation sites (N-methyl/N-ethyl adjacent to an activating group) is 1. The summed E-state index contributed by atoms with van der Waals surface area (Å²) in [6, 6.07) is 6.79. The largest absolute Gasteiger partial charge is 0.389 e. The van der Waals surface area contributed by atoms with Crippen molar-refractivity contribution in [2.75, 3.05) is 37.8 Å². The number of nitrogens with two attached hydrogens (primary N) is 1. The highest BCUT2D eigenvalue weighted by Gasteiger charge is 2.25. The van der Waals surface area contributed by atoms with Crippen LogP contribution in [0.25, 0.3) is 0 Å². The zero-order valence-corrected chi connectivity index (χ0v) is 13.4. The van der Waals surface area contributed by atoms with Gasteiger partial charge in [-0.25, -0.2) is 0 Å². The van der Waals surface area contributed by atoms with Gasteiger partial charge in [0.05, 0.1) is 0 Å². The fourth-order valence-corrected chi connectivity index (χ4v) is 3.59. The molecule has 1 unspecified atom stereocenters. The summed E-state index contributed by atoms with van der Waals surface area (Å²) in [5, 5.41) is 0. The molecular formula is C14H21N3S2. The van der Waals surface area contributed by atoms with Crippen LogP contribution in [0.3, 0.4) is 0 Å². The topological polar surface area (TPSA) is 32.5 Å². The first-order chi connectivity index (χ1) is 9.04. The van der Waals surface area contributed by atoms with E-state index in [1.165, 1.54) is 5.69 Å². The van der Waals surface area contributed by atoms with Crippen LogP contribution in [0.1, 0.15) is 12.5 Å². The van der Waals surface area contributed by atoms with Gasteiger partial charge in [0.15, 0.2) is 0 Å². The molecule has 104 valence electrons. The van der Waals surface area contributed by atoms with Gasteiger partial charge in [0, 0.05) is 41.8 Å². The van der Waals surface area contributed by atoms with Crippen molar-refractivity contribution in [2.24, 2.45) is 5.73 Å². The molecule has 0 amide bonds. The predicted molar refractivity (Wildman–Crippen MR) is 88.4 cm³/mol. The van der Waals surface area contributed by atoms with Gasteiger partial charge in [-0.3, -0.25) is 0 Å². The van der Waals surface area contributed by atoms with Crippen LogP contribution in [-0.4, -0.2) is 48.9 Å². The van der Waals surface area contributed by atoms with E-state index in [0.29, 0.717) is 11.0 Å². The van der Waals surface area contributed by atoms with Crippen molar-refractivity contribution in [3.63, 3.8) is 0 Å². The molecule has 2 N–H and O–H groups in total. The minimum absolute atomic E-state index is 0.476. The standard InChI is InChI=1S/C14H21N3S2/c1-10-9-16(2)7-8-17(10)11-5-4-6-12(19-3)13(11)14(15)18/h4-6,10H,7-9H2,1-3H3,(H2,15,18). The first kappa shape index (κ1) is 14.6. The van der Waals surface area contributed by atoms with Crippen LogP contribution in [0.4, 0.5) is 5.69 Å². The lowest BCUT2D eigenvalue weighted by molar-refractivity contribution is 0.275. The van der Waals surface area contributed by atoms with Crippen molar-refractivity contribution >= 4 is 34.7 Å². The van der Waals surface area contributed by atoms with Crippen LogP contribution in [0.2, 0.25) is 0 Å². The molecular weight excluding hydrogens is 274 g/mol. The fourth-order valence-electron chi connectivity index (χ4n) is 2.67. The van der Waals surface area contributed by atoms with Crippen LogP contribution < -0.4 is 10.6 Å². The second-order valence-electron chi connectivity index (χ2n) is 5.02. The maximum atomic E-state index is 5.95. The number of anilines is 1. The number of benzene rings is 1. The second-order valence-corrected chi connectivity index (χ2v) is 6.31. The summed E-state index contributed by atoms with van der Waals surface area (Å²) in [4.78, 5) is 6.44. The molecule has 19 heavy (non-hydrogen) atoms. The Morgan fingerprint density at radius 2 is 2.16 bits per heavy atom. The minimum atomic E-state index is 0.476. The lowest BCUT2D eigenvalue weighted by Gasteiger charge is -2.40. The number of hydrogen-bond acceptors (Lipinski definition) is 4. The molecule has 1 fully saturated rings. The van der Waals surface area contributed by atoms with Crippen molar-refractivity contribution in [3.8, 4) is 0 Å². The molecule has 1 aliphatic rings. The zero-order valence-electron chi connectivity index (χ0n) is 11.7. The maximum absolute atomic E-state index is 5.95. The zero-order chi connectivity index (χ0) is 14.0. The van der Waals surface area contributed by atoms with Crippen molar-refractivity contribution in [1.82, 2.24) is 4.90 Å². The van der Waals surface area contributed by atoms with E-state index >= 15 is 0 Å². The smallest absolute Gasteiger partial charge is 0.107 e. The Bertz CT molecular complexity index is 476. The van der Waals surface area contributed by atoms with Crippen LogP contribution >= 0.6 is 24.0 Å². The van der Waals surface area contributed by atoms with E-state index in [1.807, 2.05) is 0 Å². The molecule has 5 heteroatoms. The summed E-state index contributed by atoms with van der Waals surface area (Å²) in [6.07, 6.45) is 2.06. The Morgan fingerprint density at radius 1 is 1.42 bits per heavy atom. The second kappa shape index (κ2) is 6.11. The third-order valence-corrected chi connectivity index (χ3v) is 4.59. The van der Waals surface area contributed by atoms with E-state index in [1.54, 1.807) is 11.8 Å². The maximum Gasteiger partial charge on any atom is 0.107 e. The first-order valence-electron chi connectivity index (χ1n) is 6.46. The molecule has 1 aliphatic heterocycles. The van der Waals surface area contributed by atoms with Crippen LogP contribution in [0.5, 0.6) is 0 Å². The van der Waals surface area contributed by atoms with Crippen molar-refractivity contribution in [2.45, 2.75) is 17.9 Å². The van der Waals surface area contributed by atoms with Crippen molar-refractivity contribution in [1.29, 1.82) is 0 Å². The lowest BCUT2D eigenvalue weighted by Crippen LogP contribution is -2.51. The average molecular weight is 295 g/mol. The van der Waals surface area contributed by atoms with E-state index in [0.717, 1.165) is 30.1 Å². The number of thiocarbonyl (C=S) groups is 1. The third-order valence-electron chi connectivity index (χ3n) is 3.61. The van der Waals surface area contributed by atoms with Gasteiger partial charge in [0.2, 0.25) is 0 Å². The third kappa shape index (κ3) is 3.04. The van der Waals surface area contributed by atoms with Gasteiger partial charge in [-0.2, -0.15) is 0 Å². The van der Waals surface area contributed by atoms with E-state index in [2.05, 4.69) is 48.2 Å². The van der Waals surface area contributed by atoms with Gasteiger partial charge < -0.3 is 15.5 Å². The van der Waals surface area contributed by atoms with E-state index in [4.69, 9.17) is 18.0 Å². The van der Waals surface area contributed by atoms with Gasteiger partial charge >= 0.3 is 0 Å². The molecule has 1 heterocycles. The van der Waals surface area contributed by atoms with Crippen molar-refractivity contribution in [3.05, 3.63) is 23.8 Å². The monoisotopic (exact) mass is 295 g/mol. The molecule has 3 nitrogen and oxygen atoms in total. The fraction of sp³-hybridized carbons (Fsp3) is 0.500. The molecule has 0 saturated carbocycles. The Hall–Kier alpha value is -0.780. The molecule has 1 aromatic rings. The molecule has 0 aromatic heterocycles. The highest BCUT2D eigenvalue weighted by molar-refractivity contribution is 7.98. The summed E-state index contributed by atoms with van der Waals surface area (Å²) in [7, 11) is 2.17. The summed E-state index contributed by atoms with van der Waals surface area (Å²) in [5.41, 5.74) is 8.16. The molecule has 1 atom stereocenters. The summed E-state index contributed by atoms with van der Waals surface area (Å²) >= 11 is 6.96. The number of thioether (sulfide) groups is 1. The number of piperazine rings is 1. The number of nitrogens with zero attached hydrogens (tertiary/aromatic N) is 2. The summed E-state index contributed by atoms with van der Waals surface area (Å²) < 4.78 is 0. The van der Waals surface area contributed by atoms with E-state index in [-0.39, 0.29) is 0 Å². The quantitative estimate of drug-likeness (QED) is 0.682. The molecule has 0 bridgehead atoms. The normalized spacial score (nSPS) is 20.6. The van der Waals surface area contributed by atoms with Gasteiger partial charge in [-0.1, -0.05) is 18.3 Å². The molecule has 0 spiro atoms. The van der Waals surface area contributed by atoms with Crippen LogP contribution in [0.15, 0.2) is 23.1 Å². The van der Waals surface area contributed by atoms with E-state index in [9.17, 15) is 0 Å². The molecule has 1 aromatic carbocycles. The van der Waals surface area contributed by atoms with E-state index < -0.39 is 0 Å². The Balaban J connectivity index is 2.41. The highest BCUT2D eigenvalue weighted by Crippen LogP contribution is 2.31. The first-order valence-corrected chi connectivity index (χ1v) is 8.10. The van der Waals surface area contributed by atoms with Crippen LogP contribution in [0, 0.1) is 0 Å².